The fraction of sp³-hybridized carbons (Fsp3) is 0.0909. The van der Waals surface area contributed by atoms with Crippen LogP contribution in [-0.2, 0) is 0 Å². The van der Waals surface area contributed by atoms with Gasteiger partial charge in [-0.05, 0) is 17.7 Å². The first kappa shape index (κ1) is 8.08. The van der Waals surface area contributed by atoms with Gasteiger partial charge in [0.1, 0.15) is 5.58 Å². The van der Waals surface area contributed by atoms with Crippen LogP contribution in [0.3, 0.4) is 0 Å². The molecule has 2 heteroatoms. The Morgan fingerprint density at radius 1 is 1.38 bits per heavy atom. The molecule has 1 unspecified atom stereocenters. The molecule has 0 fully saturated rings. The fourth-order valence-corrected chi connectivity index (χ4v) is 1.29. The first-order chi connectivity index (χ1) is 6.31. The minimum Gasteiger partial charge on any atom is -0.464 e. The van der Waals surface area contributed by atoms with E-state index in [2.05, 4.69) is 6.58 Å². The highest BCUT2D eigenvalue weighted by molar-refractivity contribution is 5.77. The van der Waals surface area contributed by atoms with Crippen molar-refractivity contribution in [1.29, 1.82) is 0 Å². The van der Waals surface area contributed by atoms with Crippen LogP contribution in [0, 0.1) is 0 Å². The molecule has 0 aliphatic carbocycles. The van der Waals surface area contributed by atoms with E-state index in [1.54, 1.807) is 6.26 Å². The van der Waals surface area contributed by atoms with E-state index in [-0.39, 0.29) is 0 Å². The topological polar surface area (TPSA) is 33.4 Å². The van der Waals surface area contributed by atoms with Crippen molar-refractivity contribution >= 4 is 11.0 Å². The van der Waals surface area contributed by atoms with E-state index >= 15 is 0 Å². The van der Waals surface area contributed by atoms with Crippen LogP contribution in [0.2, 0.25) is 0 Å². The van der Waals surface area contributed by atoms with Gasteiger partial charge in [0.25, 0.3) is 0 Å². The zero-order valence-electron chi connectivity index (χ0n) is 7.10. The second kappa shape index (κ2) is 3.07. The van der Waals surface area contributed by atoms with E-state index in [4.69, 9.17) is 4.42 Å². The van der Waals surface area contributed by atoms with E-state index in [9.17, 15) is 5.11 Å². The van der Waals surface area contributed by atoms with Crippen molar-refractivity contribution in [2.75, 3.05) is 0 Å². The average Bonchev–Trinajstić information content (AvgIpc) is 2.63. The van der Waals surface area contributed by atoms with Crippen LogP contribution >= 0.6 is 0 Å². The van der Waals surface area contributed by atoms with Gasteiger partial charge in [-0.25, -0.2) is 0 Å². The maximum atomic E-state index is 9.47. The minimum absolute atomic E-state index is 0.616. The molecule has 0 saturated carbocycles. The van der Waals surface area contributed by atoms with Crippen LogP contribution in [-0.4, -0.2) is 5.11 Å². The quantitative estimate of drug-likeness (QED) is 0.710. The third-order valence-electron chi connectivity index (χ3n) is 2.05. The largest absolute Gasteiger partial charge is 0.464 e. The number of aliphatic hydroxyl groups excluding tert-OH is 1. The van der Waals surface area contributed by atoms with Crippen LogP contribution in [0.1, 0.15) is 11.7 Å². The Kier molecular flexibility index (Phi) is 1.91. The number of benzene rings is 1. The van der Waals surface area contributed by atoms with Crippen LogP contribution in [0.4, 0.5) is 0 Å². The van der Waals surface area contributed by atoms with Gasteiger partial charge in [-0.1, -0.05) is 18.2 Å². The summed E-state index contributed by atoms with van der Waals surface area (Å²) < 4.78 is 5.21. The number of hydrogen-bond acceptors (Lipinski definition) is 2. The second-order valence-electron chi connectivity index (χ2n) is 2.90. The Labute approximate surface area is 76.1 Å². The van der Waals surface area contributed by atoms with Crippen molar-refractivity contribution in [2.45, 2.75) is 6.10 Å². The molecule has 13 heavy (non-hydrogen) atoms. The molecule has 66 valence electrons. The summed E-state index contributed by atoms with van der Waals surface area (Å²) in [6.45, 7) is 3.52. The lowest BCUT2D eigenvalue weighted by Gasteiger charge is -2.03. The summed E-state index contributed by atoms with van der Waals surface area (Å²) in [6.07, 6.45) is 2.51. The molecule has 0 spiro atoms. The highest BCUT2D eigenvalue weighted by Crippen LogP contribution is 2.21. The molecule has 0 bridgehead atoms. The van der Waals surface area contributed by atoms with Crippen LogP contribution < -0.4 is 0 Å². The average molecular weight is 174 g/mol. The zero-order chi connectivity index (χ0) is 9.26. The van der Waals surface area contributed by atoms with Gasteiger partial charge in [0.05, 0.1) is 12.4 Å². The Balaban J connectivity index is 2.53. The zero-order valence-corrected chi connectivity index (χ0v) is 7.10. The normalized spacial score (nSPS) is 13.0. The van der Waals surface area contributed by atoms with Gasteiger partial charge in [0.15, 0.2) is 0 Å². The summed E-state index contributed by atoms with van der Waals surface area (Å²) in [5.41, 5.74) is 1.59. The second-order valence-corrected chi connectivity index (χ2v) is 2.90. The molecule has 0 saturated heterocycles. The first-order valence-corrected chi connectivity index (χ1v) is 4.09. The van der Waals surface area contributed by atoms with Gasteiger partial charge in [-0.3, -0.25) is 0 Å². The Hall–Kier alpha value is -1.54. The summed E-state index contributed by atoms with van der Waals surface area (Å²) in [5.74, 6) is 0. The van der Waals surface area contributed by atoms with Gasteiger partial charge >= 0.3 is 0 Å². The Morgan fingerprint density at radius 2 is 2.23 bits per heavy atom. The van der Waals surface area contributed by atoms with Crippen molar-refractivity contribution in [1.82, 2.24) is 0 Å². The number of furan rings is 1. The number of aliphatic hydroxyl groups is 1. The molecule has 1 N–H and O–H groups in total. The maximum absolute atomic E-state index is 9.47. The SMILES string of the molecule is C=CC(O)c1ccc2ccoc2c1. The van der Waals surface area contributed by atoms with Crippen molar-refractivity contribution in [3.63, 3.8) is 0 Å². The first-order valence-electron chi connectivity index (χ1n) is 4.09. The highest BCUT2D eigenvalue weighted by Gasteiger charge is 2.04. The molecular formula is C11H10O2. The van der Waals surface area contributed by atoms with Gasteiger partial charge in [-0.2, -0.15) is 0 Å². The van der Waals surface area contributed by atoms with Crippen LogP contribution in [0.15, 0.2) is 47.6 Å². The molecule has 0 aliphatic rings. The van der Waals surface area contributed by atoms with E-state index in [0.717, 1.165) is 16.5 Å². The molecule has 2 aromatic rings. The molecule has 1 aromatic carbocycles. The van der Waals surface area contributed by atoms with Crippen molar-refractivity contribution in [3.8, 4) is 0 Å². The van der Waals surface area contributed by atoms with Crippen molar-refractivity contribution in [3.05, 3.63) is 48.7 Å². The third kappa shape index (κ3) is 1.36. The van der Waals surface area contributed by atoms with Gasteiger partial charge in [-0.15, -0.1) is 6.58 Å². The number of hydrogen-bond donors (Lipinski definition) is 1. The highest BCUT2D eigenvalue weighted by atomic mass is 16.3. The van der Waals surface area contributed by atoms with E-state index in [1.807, 2.05) is 24.3 Å². The lowest BCUT2D eigenvalue weighted by Crippen LogP contribution is -1.90. The summed E-state index contributed by atoms with van der Waals surface area (Å²) >= 11 is 0. The van der Waals surface area contributed by atoms with Gasteiger partial charge in [0, 0.05) is 5.39 Å². The lowest BCUT2D eigenvalue weighted by molar-refractivity contribution is 0.229. The molecule has 1 aromatic heterocycles. The summed E-state index contributed by atoms with van der Waals surface area (Å²) in [6, 6.07) is 7.49. The van der Waals surface area contributed by atoms with Gasteiger partial charge in [0.2, 0.25) is 0 Å². The predicted octanol–water partition coefficient (Wildman–Crippen LogP) is 2.65. The van der Waals surface area contributed by atoms with E-state index in [1.165, 1.54) is 6.08 Å². The van der Waals surface area contributed by atoms with Crippen LogP contribution in [0.25, 0.3) is 11.0 Å². The fourth-order valence-electron chi connectivity index (χ4n) is 1.29. The van der Waals surface area contributed by atoms with Crippen molar-refractivity contribution < 1.29 is 9.52 Å². The molecule has 0 aliphatic heterocycles. The number of rotatable bonds is 2. The number of fused-ring (bicyclic) bond motifs is 1. The summed E-state index contributed by atoms with van der Waals surface area (Å²) in [4.78, 5) is 0. The molecule has 0 amide bonds. The predicted molar refractivity (Wildman–Crippen MR) is 51.4 cm³/mol. The minimum atomic E-state index is -0.616. The standard InChI is InChI=1S/C11H10O2/c1-2-10(12)9-4-3-8-5-6-13-11(8)7-9/h2-7,10,12H,1H2. The summed E-state index contributed by atoms with van der Waals surface area (Å²) in [5, 5.41) is 10.5. The lowest BCUT2D eigenvalue weighted by atomic mass is 10.1. The monoisotopic (exact) mass is 174 g/mol. The Morgan fingerprint density at radius 3 is 3.00 bits per heavy atom. The molecule has 1 heterocycles. The maximum Gasteiger partial charge on any atom is 0.134 e. The van der Waals surface area contributed by atoms with E-state index in [0.29, 0.717) is 0 Å². The smallest absolute Gasteiger partial charge is 0.134 e. The van der Waals surface area contributed by atoms with Crippen LogP contribution in [0.5, 0.6) is 0 Å². The third-order valence-corrected chi connectivity index (χ3v) is 2.05. The molecule has 1 atom stereocenters. The molecule has 2 rings (SSSR count). The Bertz CT molecular complexity index is 428. The molecule has 2 nitrogen and oxygen atoms in total. The molecule has 0 radical (unpaired) electrons. The molecular weight excluding hydrogens is 164 g/mol. The van der Waals surface area contributed by atoms with Gasteiger partial charge < -0.3 is 9.52 Å². The van der Waals surface area contributed by atoms with Crippen molar-refractivity contribution in [2.24, 2.45) is 0 Å². The van der Waals surface area contributed by atoms with E-state index < -0.39 is 6.10 Å². The summed E-state index contributed by atoms with van der Waals surface area (Å²) in [7, 11) is 0.